The minimum atomic E-state index is 0.309. The van der Waals surface area contributed by atoms with Gasteiger partial charge in [-0.2, -0.15) is 0 Å². The third-order valence-electron chi connectivity index (χ3n) is 3.09. The van der Waals surface area contributed by atoms with E-state index in [0.29, 0.717) is 17.6 Å². The van der Waals surface area contributed by atoms with E-state index in [1.54, 1.807) is 0 Å². The molecule has 0 spiro atoms. The maximum Gasteiger partial charge on any atom is 0.136 e. The Labute approximate surface area is 81.2 Å². The molecule has 2 atom stereocenters. The summed E-state index contributed by atoms with van der Waals surface area (Å²) in [5.74, 6) is 1.44. The Morgan fingerprint density at radius 1 is 1.62 bits per heavy atom. The van der Waals surface area contributed by atoms with Gasteiger partial charge in [0.2, 0.25) is 0 Å². The normalized spacial score (nSPS) is 27.9. The molecule has 1 aliphatic rings. The van der Waals surface area contributed by atoms with Crippen molar-refractivity contribution in [1.82, 2.24) is 0 Å². The van der Waals surface area contributed by atoms with Crippen molar-refractivity contribution in [2.24, 2.45) is 11.8 Å². The summed E-state index contributed by atoms with van der Waals surface area (Å²) in [4.78, 5) is 11.5. The van der Waals surface area contributed by atoms with E-state index in [9.17, 15) is 4.79 Å². The van der Waals surface area contributed by atoms with Gasteiger partial charge in [0.05, 0.1) is 0 Å². The maximum absolute atomic E-state index is 11.5. The Morgan fingerprint density at radius 2 is 2.38 bits per heavy atom. The third-order valence-corrected chi connectivity index (χ3v) is 3.09. The van der Waals surface area contributed by atoms with Crippen LogP contribution in [0.2, 0.25) is 0 Å². The van der Waals surface area contributed by atoms with Crippen LogP contribution in [-0.4, -0.2) is 5.78 Å². The molecule has 0 aromatic heterocycles. The molecule has 0 N–H and O–H groups in total. The number of unbranched alkanes of at least 4 members (excludes halogenated alkanes) is 1. The van der Waals surface area contributed by atoms with Gasteiger partial charge in [-0.25, -0.2) is 0 Å². The van der Waals surface area contributed by atoms with Crippen molar-refractivity contribution in [3.8, 4) is 0 Å². The summed E-state index contributed by atoms with van der Waals surface area (Å²) in [5, 5.41) is 0. The lowest BCUT2D eigenvalue weighted by molar-refractivity contribution is -0.121. The fraction of sp³-hybridized carbons (Fsp3) is 0.750. The van der Waals surface area contributed by atoms with Crippen molar-refractivity contribution in [1.29, 1.82) is 0 Å². The predicted octanol–water partition coefficient (Wildman–Crippen LogP) is 3.35. The van der Waals surface area contributed by atoms with Crippen LogP contribution in [-0.2, 0) is 4.79 Å². The topological polar surface area (TPSA) is 17.1 Å². The molecule has 0 radical (unpaired) electrons. The molecule has 1 nitrogen and oxygen atoms in total. The first-order valence-corrected chi connectivity index (χ1v) is 5.43. The Kier molecular flexibility index (Phi) is 4.20. The van der Waals surface area contributed by atoms with Crippen LogP contribution in [0.4, 0.5) is 0 Å². The molecule has 0 amide bonds. The standard InChI is InChI=1S/C12H20O/c1-3-5-7-10-8-9-12(13)11(10)6-4-2/h4,10-11H,2-3,5-9H2,1H3/t10-,11+/m1/s1. The molecule has 0 saturated heterocycles. The van der Waals surface area contributed by atoms with E-state index in [4.69, 9.17) is 0 Å². The van der Waals surface area contributed by atoms with Crippen molar-refractivity contribution in [2.75, 3.05) is 0 Å². The van der Waals surface area contributed by atoms with Gasteiger partial charge in [-0.3, -0.25) is 4.79 Å². The largest absolute Gasteiger partial charge is 0.299 e. The molecule has 1 heteroatoms. The summed E-state index contributed by atoms with van der Waals surface area (Å²) in [6, 6.07) is 0. The lowest BCUT2D eigenvalue weighted by atomic mass is 9.88. The van der Waals surface area contributed by atoms with Crippen molar-refractivity contribution < 1.29 is 4.79 Å². The first-order chi connectivity index (χ1) is 6.29. The Hall–Kier alpha value is -0.590. The summed E-state index contributed by atoms with van der Waals surface area (Å²) in [7, 11) is 0. The molecule has 1 rings (SSSR count). The molecule has 74 valence electrons. The molecule has 0 aromatic rings. The minimum absolute atomic E-state index is 0.309. The lowest BCUT2D eigenvalue weighted by Gasteiger charge is -2.15. The SMILES string of the molecule is C=CC[C@@H]1C(=O)CC[C@H]1CCCC. The van der Waals surface area contributed by atoms with Crippen LogP contribution in [0.3, 0.4) is 0 Å². The summed E-state index contributed by atoms with van der Waals surface area (Å²) in [6.45, 7) is 5.93. The van der Waals surface area contributed by atoms with Gasteiger partial charge in [0.15, 0.2) is 0 Å². The van der Waals surface area contributed by atoms with E-state index in [0.717, 1.165) is 19.3 Å². The van der Waals surface area contributed by atoms with Crippen molar-refractivity contribution >= 4 is 5.78 Å². The van der Waals surface area contributed by atoms with Crippen LogP contribution in [0.5, 0.6) is 0 Å². The van der Waals surface area contributed by atoms with Crippen molar-refractivity contribution in [2.45, 2.75) is 45.4 Å². The third kappa shape index (κ3) is 2.68. The second-order valence-electron chi connectivity index (χ2n) is 4.04. The average molecular weight is 180 g/mol. The van der Waals surface area contributed by atoms with Crippen LogP contribution < -0.4 is 0 Å². The van der Waals surface area contributed by atoms with Crippen molar-refractivity contribution in [3.05, 3.63) is 12.7 Å². The molecule has 1 aliphatic carbocycles. The van der Waals surface area contributed by atoms with E-state index in [1.807, 2.05) is 6.08 Å². The van der Waals surface area contributed by atoms with Gasteiger partial charge in [-0.15, -0.1) is 6.58 Å². The van der Waals surface area contributed by atoms with Crippen molar-refractivity contribution in [3.63, 3.8) is 0 Å². The molecule has 0 bridgehead atoms. The zero-order chi connectivity index (χ0) is 9.68. The highest BCUT2D eigenvalue weighted by molar-refractivity contribution is 5.83. The highest BCUT2D eigenvalue weighted by Gasteiger charge is 2.32. The predicted molar refractivity (Wildman–Crippen MR) is 55.6 cm³/mol. The highest BCUT2D eigenvalue weighted by atomic mass is 16.1. The van der Waals surface area contributed by atoms with Gasteiger partial charge in [0, 0.05) is 12.3 Å². The number of Topliss-reactive ketones (excluding diaryl/α,β-unsaturated/α-hetero) is 1. The van der Waals surface area contributed by atoms with Gasteiger partial charge in [-0.05, 0) is 25.2 Å². The Balaban J connectivity index is 2.43. The molecule has 0 aliphatic heterocycles. The molecule has 0 heterocycles. The maximum atomic E-state index is 11.5. The number of hydrogen-bond acceptors (Lipinski definition) is 1. The second kappa shape index (κ2) is 5.21. The molecule has 0 aromatic carbocycles. The van der Waals surface area contributed by atoms with E-state index in [1.165, 1.54) is 19.3 Å². The quantitative estimate of drug-likeness (QED) is 0.593. The Morgan fingerprint density at radius 3 is 3.00 bits per heavy atom. The number of ketones is 1. The fourth-order valence-electron chi connectivity index (χ4n) is 2.29. The van der Waals surface area contributed by atoms with Gasteiger partial charge in [0.1, 0.15) is 5.78 Å². The van der Waals surface area contributed by atoms with E-state index in [-0.39, 0.29) is 0 Å². The summed E-state index contributed by atoms with van der Waals surface area (Å²) in [6.07, 6.45) is 8.47. The van der Waals surface area contributed by atoms with Crippen LogP contribution in [0.15, 0.2) is 12.7 Å². The molecule has 0 unspecified atom stereocenters. The Bertz CT molecular complexity index is 184. The molecular formula is C12H20O. The van der Waals surface area contributed by atoms with E-state index >= 15 is 0 Å². The fourth-order valence-corrected chi connectivity index (χ4v) is 2.29. The molecule has 1 fully saturated rings. The van der Waals surface area contributed by atoms with Crippen LogP contribution in [0.25, 0.3) is 0 Å². The van der Waals surface area contributed by atoms with E-state index in [2.05, 4.69) is 13.5 Å². The summed E-state index contributed by atoms with van der Waals surface area (Å²) < 4.78 is 0. The number of hydrogen-bond donors (Lipinski definition) is 0. The molecule has 1 saturated carbocycles. The number of rotatable bonds is 5. The van der Waals surface area contributed by atoms with Gasteiger partial charge < -0.3 is 0 Å². The minimum Gasteiger partial charge on any atom is -0.299 e. The molecule has 13 heavy (non-hydrogen) atoms. The monoisotopic (exact) mass is 180 g/mol. The lowest BCUT2D eigenvalue weighted by Crippen LogP contribution is -2.13. The summed E-state index contributed by atoms with van der Waals surface area (Å²) >= 11 is 0. The molecular weight excluding hydrogens is 160 g/mol. The zero-order valence-electron chi connectivity index (χ0n) is 8.59. The van der Waals surface area contributed by atoms with Gasteiger partial charge in [0.25, 0.3) is 0 Å². The van der Waals surface area contributed by atoms with Crippen LogP contribution in [0.1, 0.15) is 45.4 Å². The van der Waals surface area contributed by atoms with Crippen LogP contribution in [0, 0.1) is 11.8 Å². The smallest absolute Gasteiger partial charge is 0.136 e. The zero-order valence-corrected chi connectivity index (χ0v) is 8.59. The van der Waals surface area contributed by atoms with Gasteiger partial charge >= 0.3 is 0 Å². The first kappa shape index (κ1) is 10.5. The second-order valence-corrected chi connectivity index (χ2v) is 4.04. The first-order valence-electron chi connectivity index (χ1n) is 5.43. The highest BCUT2D eigenvalue weighted by Crippen LogP contribution is 2.34. The van der Waals surface area contributed by atoms with Crippen LogP contribution >= 0.6 is 0 Å². The van der Waals surface area contributed by atoms with Gasteiger partial charge in [-0.1, -0.05) is 25.8 Å². The summed E-state index contributed by atoms with van der Waals surface area (Å²) in [5.41, 5.74) is 0. The number of carbonyl (C=O) groups is 1. The number of carbonyl (C=O) groups excluding carboxylic acids is 1. The average Bonchev–Trinajstić information content (AvgIpc) is 2.46. The van der Waals surface area contributed by atoms with E-state index < -0.39 is 0 Å². The number of allylic oxidation sites excluding steroid dienone is 1.